The zero-order chi connectivity index (χ0) is 18.4. The summed E-state index contributed by atoms with van der Waals surface area (Å²) in [7, 11) is 0. The minimum absolute atomic E-state index is 0.0908. The number of carbonyl (C=O) groups is 3. The number of nitrogens with zero attached hydrogens (tertiary/aromatic N) is 3. The first-order valence-corrected chi connectivity index (χ1v) is 9.16. The number of anilines is 1. The molecule has 0 aliphatic carbocycles. The number of thiazole rings is 1. The van der Waals surface area contributed by atoms with Crippen molar-refractivity contribution in [3.8, 4) is 0 Å². The number of amides is 2. The molecule has 2 unspecified atom stereocenters. The standard InChI is InChI=1S/C12H12ClN5O5S2/c13-12(10(21)22)2-18-8(20)6(9(18)25-3-12)16-7(19)5(17-23)4-1-24-11(14)15-4/h1,6,9,23H,2-3H2,(H2,14,15)(H,16,19)(H,21,22)/t6?,9-,12?/m1/s1. The number of thioether (sulfide) groups is 1. The summed E-state index contributed by atoms with van der Waals surface area (Å²) in [6, 6.07) is -0.861. The molecule has 1 aromatic heterocycles. The number of nitrogen functional groups attached to an aromatic ring is 1. The minimum Gasteiger partial charge on any atom is -0.480 e. The summed E-state index contributed by atoms with van der Waals surface area (Å²) in [4.78, 5) is 39.3. The van der Waals surface area contributed by atoms with Crippen molar-refractivity contribution in [2.45, 2.75) is 16.3 Å². The number of carboxylic acids is 1. The number of nitrogens with one attached hydrogen (secondary N) is 1. The number of rotatable bonds is 4. The molecule has 1 aromatic rings. The predicted octanol–water partition coefficient (Wildman–Crippen LogP) is -0.634. The molecule has 0 saturated carbocycles. The van der Waals surface area contributed by atoms with Gasteiger partial charge in [0.1, 0.15) is 17.1 Å². The maximum absolute atomic E-state index is 12.3. The highest BCUT2D eigenvalue weighted by atomic mass is 35.5. The highest BCUT2D eigenvalue weighted by Crippen LogP contribution is 2.41. The topological polar surface area (TPSA) is 158 Å². The van der Waals surface area contributed by atoms with Gasteiger partial charge in [-0.15, -0.1) is 34.7 Å². The highest BCUT2D eigenvalue weighted by molar-refractivity contribution is 8.00. The Bertz CT molecular complexity index is 786. The van der Waals surface area contributed by atoms with E-state index in [1.807, 2.05) is 0 Å². The number of oxime groups is 1. The number of aromatic nitrogens is 1. The first-order valence-electron chi connectivity index (χ1n) is 6.85. The molecule has 2 saturated heterocycles. The van der Waals surface area contributed by atoms with Crippen LogP contribution in [-0.4, -0.2) is 72.3 Å². The van der Waals surface area contributed by atoms with Crippen LogP contribution in [0.2, 0.25) is 0 Å². The van der Waals surface area contributed by atoms with Gasteiger partial charge in [-0.1, -0.05) is 5.16 Å². The molecule has 0 spiro atoms. The van der Waals surface area contributed by atoms with E-state index in [0.717, 1.165) is 23.1 Å². The van der Waals surface area contributed by atoms with Gasteiger partial charge >= 0.3 is 5.97 Å². The van der Waals surface area contributed by atoms with Gasteiger partial charge in [-0.3, -0.25) is 14.4 Å². The van der Waals surface area contributed by atoms with Crippen molar-refractivity contribution < 1.29 is 24.7 Å². The minimum atomic E-state index is -1.54. The van der Waals surface area contributed by atoms with Crippen LogP contribution in [0.15, 0.2) is 10.5 Å². The van der Waals surface area contributed by atoms with Crippen LogP contribution in [0.1, 0.15) is 5.69 Å². The van der Waals surface area contributed by atoms with Crippen LogP contribution in [0, 0.1) is 0 Å². The van der Waals surface area contributed by atoms with Gasteiger partial charge < -0.3 is 26.3 Å². The third kappa shape index (κ3) is 3.00. The SMILES string of the molecule is Nc1nc(C(=NO)C(=O)NC2C(=O)N3CC(Cl)(C(=O)O)CS[C@H]23)cs1. The van der Waals surface area contributed by atoms with Gasteiger partial charge in [0.25, 0.3) is 5.91 Å². The molecule has 3 heterocycles. The van der Waals surface area contributed by atoms with Crippen molar-refractivity contribution in [1.82, 2.24) is 15.2 Å². The highest BCUT2D eigenvalue weighted by Gasteiger charge is 2.57. The summed E-state index contributed by atoms with van der Waals surface area (Å²) >= 11 is 8.24. The van der Waals surface area contributed by atoms with Crippen molar-refractivity contribution >= 4 is 63.3 Å². The molecule has 3 rings (SSSR count). The normalized spacial score (nSPS) is 28.9. The maximum atomic E-state index is 12.3. The lowest BCUT2D eigenvalue weighted by Crippen LogP contribution is -2.74. The van der Waals surface area contributed by atoms with Gasteiger partial charge in [0.05, 0.1) is 6.54 Å². The molecule has 10 nitrogen and oxygen atoms in total. The summed E-state index contributed by atoms with van der Waals surface area (Å²) < 4.78 is 0. The van der Waals surface area contributed by atoms with Crippen LogP contribution in [0.3, 0.4) is 0 Å². The van der Waals surface area contributed by atoms with Crippen molar-refractivity contribution in [3.05, 3.63) is 11.1 Å². The maximum Gasteiger partial charge on any atom is 0.327 e. The average molecular weight is 406 g/mol. The van der Waals surface area contributed by atoms with Crippen LogP contribution < -0.4 is 11.1 Å². The largest absolute Gasteiger partial charge is 0.480 e. The molecule has 0 radical (unpaired) electrons. The lowest BCUT2D eigenvalue weighted by Gasteiger charge is -2.52. The van der Waals surface area contributed by atoms with Gasteiger partial charge in [-0.2, -0.15) is 0 Å². The van der Waals surface area contributed by atoms with Crippen LogP contribution >= 0.6 is 34.7 Å². The van der Waals surface area contributed by atoms with Crippen molar-refractivity contribution in [3.63, 3.8) is 0 Å². The van der Waals surface area contributed by atoms with Crippen LogP contribution in [0.5, 0.6) is 0 Å². The molecular weight excluding hydrogens is 394 g/mol. The Labute approximate surface area is 154 Å². The van der Waals surface area contributed by atoms with Crippen LogP contribution in [0.25, 0.3) is 0 Å². The van der Waals surface area contributed by atoms with E-state index in [2.05, 4.69) is 15.5 Å². The molecule has 2 aliphatic rings. The number of carbonyl (C=O) groups excluding carboxylic acids is 2. The number of alkyl halides is 1. The smallest absolute Gasteiger partial charge is 0.327 e. The third-order valence-corrected chi connectivity index (χ3v) is 6.57. The fourth-order valence-corrected chi connectivity index (χ4v) is 4.74. The second-order valence-corrected chi connectivity index (χ2v) is 8.13. The van der Waals surface area contributed by atoms with E-state index in [0.29, 0.717) is 0 Å². The molecule has 2 aliphatic heterocycles. The monoisotopic (exact) mass is 405 g/mol. The van der Waals surface area contributed by atoms with E-state index in [9.17, 15) is 14.4 Å². The first-order chi connectivity index (χ1) is 11.8. The van der Waals surface area contributed by atoms with Gasteiger partial charge in [0.2, 0.25) is 5.91 Å². The summed E-state index contributed by atoms with van der Waals surface area (Å²) in [6.45, 7) is -0.143. The molecule has 0 bridgehead atoms. The van der Waals surface area contributed by atoms with E-state index in [-0.39, 0.29) is 28.8 Å². The van der Waals surface area contributed by atoms with Crippen molar-refractivity contribution in [2.24, 2.45) is 5.16 Å². The number of aliphatic carboxylic acids is 1. The summed E-state index contributed by atoms with van der Waals surface area (Å²) in [6.07, 6.45) is 0. The molecule has 5 N–H and O–H groups in total. The van der Waals surface area contributed by atoms with Gasteiger partial charge in [0, 0.05) is 11.1 Å². The first kappa shape index (κ1) is 17.8. The van der Waals surface area contributed by atoms with E-state index in [4.69, 9.17) is 27.6 Å². The van der Waals surface area contributed by atoms with Crippen LogP contribution in [0.4, 0.5) is 5.13 Å². The van der Waals surface area contributed by atoms with E-state index in [1.54, 1.807) is 0 Å². The Morgan fingerprint density at radius 3 is 2.84 bits per heavy atom. The van der Waals surface area contributed by atoms with Crippen molar-refractivity contribution in [2.75, 3.05) is 18.0 Å². The number of carboxylic acid groups (broad SMARTS) is 1. The fraction of sp³-hybridized carbons (Fsp3) is 0.417. The number of fused-ring (bicyclic) bond motifs is 1. The molecule has 25 heavy (non-hydrogen) atoms. The Kier molecular flexibility index (Phi) is 4.51. The molecule has 3 atom stereocenters. The Morgan fingerprint density at radius 1 is 1.56 bits per heavy atom. The quantitative estimate of drug-likeness (QED) is 0.169. The Morgan fingerprint density at radius 2 is 2.28 bits per heavy atom. The third-order valence-electron chi connectivity index (χ3n) is 3.79. The van der Waals surface area contributed by atoms with Crippen LogP contribution in [-0.2, 0) is 14.4 Å². The lowest BCUT2D eigenvalue weighted by atomic mass is 10.0. The van der Waals surface area contributed by atoms with Gasteiger partial charge in [-0.05, 0) is 0 Å². The predicted molar refractivity (Wildman–Crippen MR) is 91.0 cm³/mol. The number of β-lactam (4-membered cyclic amide) rings is 1. The van der Waals surface area contributed by atoms with Gasteiger partial charge in [-0.25, -0.2) is 4.98 Å². The lowest BCUT2D eigenvalue weighted by molar-refractivity contribution is -0.151. The van der Waals surface area contributed by atoms with E-state index in [1.165, 1.54) is 10.3 Å². The summed E-state index contributed by atoms with van der Waals surface area (Å²) in [5, 5.41) is 24.8. The fourth-order valence-electron chi connectivity index (χ4n) is 2.49. The Balaban J connectivity index is 1.68. The molecule has 134 valence electrons. The molecule has 0 aromatic carbocycles. The van der Waals surface area contributed by atoms with E-state index < -0.39 is 34.1 Å². The molecule has 13 heteroatoms. The average Bonchev–Trinajstić information content (AvgIpc) is 2.99. The second-order valence-electron chi connectivity index (χ2n) is 5.41. The van der Waals surface area contributed by atoms with Gasteiger partial charge in [0.15, 0.2) is 15.7 Å². The summed E-state index contributed by atoms with van der Waals surface area (Å²) in [5.74, 6) is -2.34. The molecule has 2 fully saturated rings. The van der Waals surface area contributed by atoms with Crippen molar-refractivity contribution in [1.29, 1.82) is 0 Å². The molecular formula is C12H12ClN5O5S2. The number of halogens is 1. The zero-order valence-corrected chi connectivity index (χ0v) is 14.8. The second kappa shape index (κ2) is 6.35. The number of hydrogen-bond donors (Lipinski definition) is 4. The summed E-state index contributed by atoms with van der Waals surface area (Å²) in [5.41, 5.74) is 5.21. The van der Waals surface area contributed by atoms with E-state index >= 15 is 0 Å². The Hall–Kier alpha value is -2.05. The number of nitrogens with two attached hydrogens (primary N) is 1. The molecule has 2 amide bonds. The number of hydrogen-bond acceptors (Lipinski definition) is 9. The zero-order valence-electron chi connectivity index (χ0n) is 12.4.